The molecule has 5 heteroatoms. The van der Waals surface area contributed by atoms with E-state index in [0.29, 0.717) is 0 Å². The van der Waals surface area contributed by atoms with E-state index >= 15 is 0 Å². The number of nitrogen functional groups attached to an aromatic ring is 1. The molecule has 0 fully saturated rings. The Balaban J connectivity index is 3.42. The van der Waals surface area contributed by atoms with Crippen molar-refractivity contribution in [2.75, 3.05) is 5.73 Å². The van der Waals surface area contributed by atoms with Gasteiger partial charge in [0.2, 0.25) is 0 Å². The maximum atomic E-state index is 13.0. The number of benzene rings is 1. The second-order valence-corrected chi connectivity index (χ2v) is 5.72. The number of halogens is 1. The molecule has 0 aromatic heterocycles. The van der Waals surface area contributed by atoms with Gasteiger partial charge in [0.25, 0.3) is 0 Å². The first-order valence-electron chi connectivity index (χ1n) is 4.15. The minimum atomic E-state index is -3.50. The summed E-state index contributed by atoms with van der Waals surface area (Å²) in [5, 5.41) is -0.605. The lowest BCUT2D eigenvalue weighted by Gasteiger charge is -2.10. The van der Waals surface area contributed by atoms with Gasteiger partial charge in [-0.15, -0.1) is 0 Å². The highest BCUT2D eigenvalue weighted by Gasteiger charge is 2.22. The third kappa shape index (κ3) is 1.72. The summed E-state index contributed by atoms with van der Waals surface area (Å²) >= 11 is 0. The van der Waals surface area contributed by atoms with Crippen LogP contribution in [0.1, 0.15) is 13.8 Å². The van der Waals surface area contributed by atoms with Gasteiger partial charge in [-0.05, 0) is 26.0 Å². The van der Waals surface area contributed by atoms with Crippen LogP contribution in [0.2, 0.25) is 0 Å². The molecule has 2 N–H and O–H groups in total. The van der Waals surface area contributed by atoms with Crippen molar-refractivity contribution in [3.8, 4) is 0 Å². The number of hydrogen-bond acceptors (Lipinski definition) is 3. The lowest BCUT2D eigenvalue weighted by Crippen LogP contribution is -2.16. The SMILES string of the molecule is CC(C)S(=O)(=O)c1cccc(F)c1N. The van der Waals surface area contributed by atoms with Crippen LogP contribution in [0, 0.1) is 5.82 Å². The molecule has 0 radical (unpaired) electrons. The average molecular weight is 217 g/mol. The fraction of sp³-hybridized carbons (Fsp3) is 0.333. The number of para-hydroxylation sites is 1. The topological polar surface area (TPSA) is 60.2 Å². The predicted molar refractivity (Wildman–Crippen MR) is 53.1 cm³/mol. The number of sulfone groups is 1. The van der Waals surface area contributed by atoms with Crippen molar-refractivity contribution in [1.82, 2.24) is 0 Å². The second kappa shape index (κ2) is 3.57. The Bertz CT molecular complexity index is 440. The van der Waals surface area contributed by atoms with Crippen molar-refractivity contribution < 1.29 is 12.8 Å². The zero-order chi connectivity index (χ0) is 10.9. The Morgan fingerprint density at radius 3 is 2.43 bits per heavy atom. The smallest absolute Gasteiger partial charge is 0.182 e. The van der Waals surface area contributed by atoms with E-state index in [1.54, 1.807) is 0 Å². The van der Waals surface area contributed by atoms with E-state index in [4.69, 9.17) is 5.73 Å². The first kappa shape index (κ1) is 11.0. The minimum absolute atomic E-state index is 0.132. The second-order valence-electron chi connectivity index (χ2n) is 3.25. The zero-order valence-corrected chi connectivity index (χ0v) is 8.81. The Morgan fingerprint density at radius 2 is 1.93 bits per heavy atom. The van der Waals surface area contributed by atoms with Crippen molar-refractivity contribution in [1.29, 1.82) is 0 Å². The number of hydrogen-bond donors (Lipinski definition) is 1. The lowest BCUT2D eigenvalue weighted by atomic mass is 10.3. The minimum Gasteiger partial charge on any atom is -0.395 e. The quantitative estimate of drug-likeness (QED) is 0.765. The molecular formula is C9H12FNO2S. The molecule has 1 aromatic rings. The first-order chi connectivity index (χ1) is 6.37. The summed E-state index contributed by atoms with van der Waals surface area (Å²) in [6, 6.07) is 3.78. The highest BCUT2D eigenvalue weighted by molar-refractivity contribution is 7.92. The average Bonchev–Trinajstić information content (AvgIpc) is 2.09. The van der Waals surface area contributed by atoms with E-state index < -0.39 is 20.9 Å². The van der Waals surface area contributed by atoms with Crippen LogP contribution in [0.5, 0.6) is 0 Å². The van der Waals surface area contributed by atoms with E-state index in [1.807, 2.05) is 0 Å². The molecule has 0 spiro atoms. The molecule has 0 aliphatic carbocycles. The molecule has 0 heterocycles. The Morgan fingerprint density at radius 1 is 1.36 bits per heavy atom. The van der Waals surface area contributed by atoms with Gasteiger partial charge < -0.3 is 5.73 Å². The largest absolute Gasteiger partial charge is 0.395 e. The van der Waals surface area contributed by atoms with Gasteiger partial charge in [0.05, 0.1) is 15.8 Å². The normalized spacial score (nSPS) is 12.0. The summed E-state index contributed by atoms with van der Waals surface area (Å²) in [5.41, 5.74) is 5.05. The Labute approximate surface area is 82.7 Å². The van der Waals surface area contributed by atoms with Gasteiger partial charge in [-0.1, -0.05) is 6.07 Å². The van der Waals surface area contributed by atoms with Crippen molar-refractivity contribution >= 4 is 15.5 Å². The van der Waals surface area contributed by atoms with Crippen LogP contribution in [0.3, 0.4) is 0 Å². The third-order valence-corrected chi connectivity index (χ3v) is 4.15. The molecule has 0 atom stereocenters. The van der Waals surface area contributed by atoms with Gasteiger partial charge in [0.15, 0.2) is 9.84 Å². The molecule has 0 unspecified atom stereocenters. The summed E-state index contributed by atoms with van der Waals surface area (Å²) in [5.74, 6) is -0.702. The molecule has 0 aliphatic heterocycles. The molecule has 0 bridgehead atoms. The van der Waals surface area contributed by atoms with Crippen LogP contribution < -0.4 is 5.73 Å². The standard InChI is InChI=1S/C9H12FNO2S/c1-6(2)14(12,13)8-5-3-4-7(10)9(8)11/h3-6H,11H2,1-2H3. The van der Waals surface area contributed by atoms with Crippen molar-refractivity contribution in [2.24, 2.45) is 0 Å². The first-order valence-corrected chi connectivity index (χ1v) is 5.70. The van der Waals surface area contributed by atoms with E-state index in [1.165, 1.54) is 26.0 Å². The van der Waals surface area contributed by atoms with Gasteiger partial charge >= 0.3 is 0 Å². The van der Waals surface area contributed by atoms with Crippen LogP contribution in [0.4, 0.5) is 10.1 Å². The molecule has 0 aliphatic rings. The van der Waals surface area contributed by atoms with E-state index in [-0.39, 0.29) is 10.6 Å². The predicted octanol–water partition coefficient (Wildman–Crippen LogP) is 1.59. The van der Waals surface area contributed by atoms with Gasteiger partial charge in [-0.25, -0.2) is 12.8 Å². The monoisotopic (exact) mass is 217 g/mol. The maximum absolute atomic E-state index is 13.0. The Hall–Kier alpha value is -1.10. The van der Waals surface area contributed by atoms with Gasteiger partial charge in [-0.2, -0.15) is 0 Å². The molecule has 78 valence electrons. The highest BCUT2D eigenvalue weighted by atomic mass is 32.2. The maximum Gasteiger partial charge on any atom is 0.182 e. The van der Waals surface area contributed by atoms with Crippen molar-refractivity contribution in [3.63, 3.8) is 0 Å². The van der Waals surface area contributed by atoms with Gasteiger partial charge in [0, 0.05) is 0 Å². The van der Waals surface area contributed by atoms with Gasteiger partial charge in [0.1, 0.15) is 5.82 Å². The molecule has 3 nitrogen and oxygen atoms in total. The molecule has 0 amide bonds. The fourth-order valence-electron chi connectivity index (χ4n) is 1.02. The number of rotatable bonds is 2. The molecule has 14 heavy (non-hydrogen) atoms. The van der Waals surface area contributed by atoms with Crippen LogP contribution in [-0.2, 0) is 9.84 Å². The number of nitrogens with two attached hydrogens (primary N) is 1. The van der Waals surface area contributed by atoms with Crippen LogP contribution in [0.25, 0.3) is 0 Å². The summed E-state index contributed by atoms with van der Waals surface area (Å²) in [7, 11) is -3.50. The summed E-state index contributed by atoms with van der Waals surface area (Å²) in [4.78, 5) is -0.132. The molecule has 0 saturated heterocycles. The molecule has 1 rings (SSSR count). The van der Waals surface area contributed by atoms with Crippen LogP contribution >= 0.6 is 0 Å². The fourth-order valence-corrected chi connectivity index (χ4v) is 2.20. The van der Waals surface area contributed by atoms with Crippen LogP contribution in [0.15, 0.2) is 23.1 Å². The highest BCUT2D eigenvalue weighted by Crippen LogP contribution is 2.24. The number of anilines is 1. The van der Waals surface area contributed by atoms with E-state index in [0.717, 1.165) is 6.07 Å². The van der Waals surface area contributed by atoms with E-state index in [9.17, 15) is 12.8 Å². The summed E-state index contributed by atoms with van der Waals surface area (Å²) in [6.07, 6.45) is 0. The molecular weight excluding hydrogens is 205 g/mol. The lowest BCUT2D eigenvalue weighted by molar-refractivity contribution is 0.584. The van der Waals surface area contributed by atoms with Gasteiger partial charge in [-0.3, -0.25) is 0 Å². The third-order valence-electron chi connectivity index (χ3n) is 1.94. The summed E-state index contributed by atoms with van der Waals surface area (Å²) in [6.45, 7) is 3.05. The summed E-state index contributed by atoms with van der Waals surface area (Å²) < 4.78 is 36.3. The van der Waals surface area contributed by atoms with Crippen molar-refractivity contribution in [2.45, 2.75) is 24.0 Å². The van der Waals surface area contributed by atoms with Crippen molar-refractivity contribution in [3.05, 3.63) is 24.0 Å². The Kier molecular flexibility index (Phi) is 2.80. The zero-order valence-electron chi connectivity index (χ0n) is 7.99. The molecule has 0 saturated carbocycles. The molecule has 1 aromatic carbocycles. The van der Waals surface area contributed by atoms with Crippen LogP contribution in [-0.4, -0.2) is 13.7 Å². The van der Waals surface area contributed by atoms with E-state index in [2.05, 4.69) is 0 Å².